The zero-order chi connectivity index (χ0) is 27.1. The first kappa shape index (κ1) is 26.9. The van der Waals surface area contributed by atoms with Crippen LogP contribution in [0.1, 0.15) is 36.1 Å². The van der Waals surface area contributed by atoms with Crippen molar-refractivity contribution in [1.82, 2.24) is 9.80 Å². The first-order chi connectivity index (χ1) is 18.4. The van der Waals surface area contributed by atoms with Crippen LogP contribution in [0.4, 0.5) is 0 Å². The van der Waals surface area contributed by atoms with Crippen LogP contribution in [-0.2, 0) is 16.2 Å². The number of benzene rings is 3. The van der Waals surface area contributed by atoms with Crippen molar-refractivity contribution in [2.24, 2.45) is 0 Å². The van der Waals surface area contributed by atoms with Gasteiger partial charge in [-0.1, -0.05) is 49.4 Å². The number of carbonyl (C=O) groups is 2. The lowest BCUT2D eigenvalue weighted by atomic mass is 9.95. The molecule has 7 heteroatoms. The van der Waals surface area contributed by atoms with E-state index in [1.807, 2.05) is 80.5 Å². The van der Waals surface area contributed by atoms with E-state index in [-0.39, 0.29) is 11.3 Å². The van der Waals surface area contributed by atoms with Gasteiger partial charge in [-0.15, -0.1) is 0 Å². The molecule has 1 aliphatic heterocycles. The zero-order valence-corrected chi connectivity index (χ0v) is 22.1. The van der Waals surface area contributed by atoms with E-state index in [9.17, 15) is 14.7 Å². The van der Waals surface area contributed by atoms with Crippen molar-refractivity contribution in [2.75, 3.05) is 33.8 Å². The Hall–Kier alpha value is -4.10. The Bertz CT molecular complexity index is 1290. The third-order valence-corrected chi connectivity index (χ3v) is 6.35. The van der Waals surface area contributed by atoms with Crippen LogP contribution >= 0.6 is 0 Å². The standard InChI is InChI=1S/C31H34N2O5/c1-4-19-37-25-15-13-23(14-16-25)29(34)27-28(33(18-17-32(2)3)31(36)30(27)35)24-11-8-12-26(20-24)38-21-22-9-6-5-7-10-22/h5-16,20,28,34H,4,17-19,21H2,1-3H3/b29-27+. The monoisotopic (exact) mass is 514 g/mol. The van der Waals surface area contributed by atoms with Crippen molar-refractivity contribution in [2.45, 2.75) is 26.0 Å². The maximum Gasteiger partial charge on any atom is 0.295 e. The topological polar surface area (TPSA) is 79.3 Å². The molecule has 0 spiro atoms. The van der Waals surface area contributed by atoms with E-state index < -0.39 is 17.7 Å². The molecule has 1 heterocycles. The summed E-state index contributed by atoms with van der Waals surface area (Å²) < 4.78 is 11.7. The summed E-state index contributed by atoms with van der Waals surface area (Å²) in [5, 5.41) is 11.3. The fourth-order valence-electron chi connectivity index (χ4n) is 4.36. The summed E-state index contributed by atoms with van der Waals surface area (Å²) in [7, 11) is 3.82. The summed E-state index contributed by atoms with van der Waals surface area (Å²) in [5.41, 5.74) is 2.23. The average Bonchev–Trinajstić information content (AvgIpc) is 3.19. The van der Waals surface area contributed by atoms with E-state index in [1.165, 1.54) is 4.90 Å². The molecule has 1 N–H and O–H groups in total. The largest absolute Gasteiger partial charge is 0.507 e. The third kappa shape index (κ3) is 6.23. The van der Waals surface area contributed by atoms with Gasteiger partial charge < -0.3 is 24.4 Å². The van der Waals surface area contributed by atoms with Crippen molar-refractivity contribution in [3.63, 3.8) is 0 Å². The first-order valence-corrected chi connectivity index (χ1v) is 12.8. The van der Waals surface area contributed by atoms with Crippen molar-refractivity contribution in [3.8, 4) is 11.5 Å². The lowest BCUT2D eigenvalue weighted by Crippen LogP contribution is -2.35. The highest BCUT2D eigenvalue weighted by Gasteiger charge is 2.46. The Kier molecular flexibility index (Phi) is 8.81. The molecule has 1 fully saturated rings. The molecular formula is C31H34N2O5. The van der Waals surface area contributed by atoms with E-state index in [1.54, 1.807) is 24.3 Å². The van der Waals surface area contributed by atoms with E-state index in [0.717, 1.165) is 12.0 Å². The van der Waals surface area contributed by atoms with Gasteiger partial charge in [-0.3, -0.25) is 9.59 Å². The molecule has 0 saturated carbocycles. The molecule has 1 aliphatic rings. The Morgan fingerprint density at radius 3 is 2.34 bits per heavy atom. The molecule has 0 aliphatic carbocycles. The number of likely N-dealkylation sites (tertiary alicyclic amines) is 1. The SMILES string of the molecule is CCCOc1ccc(/C(O)=C2\C(=O)C(=O)N(CCN(C)C)C2c2cccc(OCc3ccccc3)c2)cc1. The summed E-state index contributed by atoms with van der Waals surface area (Å²) in [5.74, 6) is -0.250. The minimum Gasteiger partial charge on any atom is -0.507 e. The fraction of sp³-hybridized carbons (Fsp3) is 0.290. The summed E-state index contributed by atoms with van der Waals surface area (Å²) in [6, 6.07) is 23.3. The first-order valence-electron chi connectivity index (χ1n) is 12.8. The number of aliphatic hydroxyl groups is 1. The summed E-state index contributed by atoms with van der Waals surface area (Å²) in [4.78, 5) is 29.9. The zero-order valence-electron chi connectivity index (χ0n) is 22.1. The van der Waals surface area contributed by atoms with Gasteiger partial charge >= 0.3 is 0 Å². The van der Waals surface area contributed by atoms with Crippen LogP contribution in [-0.4, -0.2) is 60.4 Å². The van der Waals surface area contributed by atoms with Crippen LogP contribution < -0.4 is 9.47 Å². The number of hydrogen-bond acceptors (Lipinski definition) is 6. The Morgan fingerprint density at radius 1 is 0.921 bits per heavy atom. The molecule has 0 aromatic heterocycles. The van der Waals surface area contributed by atoms with Gasteiger partial charge in [-0.25, -0.2) is 0 Å². The van der Waals surface area contributed by atoms with Gasteiger partial charge in [0.25, 0.3) is 11.7 Å². The minimum absolute atomic E-state index is 0.0659. The van der Waals surface area contributed by atoms with Gasteiger partial charge in [0, 0.05) is 18.7 Å². The minimum atomic E-state index is -0.744. The number of rotatable bonds is 11. The molecule has 1 unspecified atom stereocenters. The number of likely N-dealkylation sites (N-methyl/N-ethyl adjacent to an activating group) is 1. The number of carbonyl (C=O) groups excluding carboxylic acids is 2. The van der Waals surface area contributed by atoms with E-state index in [4.69, 9.17) is 9.47 Å². The number of aliphatic hydroxyl groups excluding tert-OH is 1. The van der Waals surface area contributed by atoms with Crippen molar-refractivity contribution in [1.29, 1.82) is 0 Å². The van der Waals surface area contributed by atoms with Gasteiger partial charge in [-0.05, 0) is 68.0 Å². The van der Waals surface area contributed by atoms with E-state index in [0.29, 0.717) is 48.9 Å². The van der Waals surface area contributed by atoms with Crippen LogP contribution in [0.25, 0.3) is 5.76 Å². The maximum absolute atomic E-state index is 13.3. The third-order valence-electron chi connectivity index (χ3n) is 6.35. The highest BCUT2D eigenvalue weighted by Crippen LogP contribution is 2.40. The van der Waals surface area contributed by atoms with Crippen molar-refractivity contribution >= 4 is 17.4 Å². The molecule has 198 valence electrons. The van der Waals surface area contributed by atoms with Gasteiger partial charge in [-0.2, -0.15) is 0 Å². The summed E-state index contributed by atoms with van der Waals surface area (Å²) in [6.45, 7) is 3.90. The average molecular weight is 515 g/mol. The molecule has 0 radical (unpaired) electrons. The van der Waals surface area contributed by atoms with Crippen LogP contribution in [0.2, 0.25) is 0 Å². The van der Waals surface area contributed by atoms with Gasteiger partial charge in [0.15, 0.2) is 0 Å². The van der Waals surface area contributed by atoms with Gasteiger partial charge in [0.05, 0.1) is 18.2 Å². The molecule has 3 aromatic rings. The number of amides is 1. The maximum atomic E-state index is 13.3. The normalized spacial score (nSPS) is 16.7. The number of ketones is 1. The number of Topliss-reactive ketones (excluding diaryl/α,β-unsaturated/α-hetero) is 1. The summed E-state index contributed by atoms with van der Waals surface area (Å²) in [6.07, 6.45) is 0.881. The highest BCUT2D eigenvalue weighted by atomic mass is 16.5. The molecule has 1 saturated heterocycles. The number of nitrogens with zero attached hydrogens (tertiary/aromatic N) is 2. The van der Waals surface area contributed by atoms with Crippen LogP contribution in [0, 0.1) is 0 Å². The predicted octanol–water partition coefficient (Wildman–Crippen LogP) is 5.04. The second-order valence-electron chi connectivity index (χ2n) is 9.52. The van der Waals surface area contributed by atoms with Gasteiger partial charge in [0.2, 0.25) is 0 Å². The Balaban J connectivity index is 1.70. The fourth-order valence-corrected chi connectivity index (χ4v) is 4.36. The number of hydrogen-bond donors (Lipinski definition) is 1. The lowest BCUT2D eigenvalue weighted by molar-refractivity contribution is -0.140. The molecule has 1 amide bonds. The molecule has 3 aromatic carbocycles. The van der Waals surface area contributed by atoms with Crippen molar-refractivity contribution < 1.29 is 24.2 Å². The van der Waals surface area contributed by atoms with Crippen LogP contribution in [0.3, 0.4) is 0 Å². The number of ether oxygens (including phenoxy) is 2. The van der Waals surface area contributed by atoms with Crippen molar-refractivity contribution in [3.05, 3.63) is 101 Å². The molecule has 0 bridgehead atoms. The second-order valence-corrected chi connectivity index (χ2v) is 9.52. The van der Waals surface area contributed by atoms with Gasteiger partial charge in [0.1, 0.15) is 23.9 Å². The van der Waals surface area contributed by atoms with Crippen LogP contribution in [0.15, 0.2) is 84.4 Å². The Morgan fingerprint density at radius 2 is 1.66 bits per heavy atom. The molecule has 1 atom stereocenters. The molecule has 7 nitrogen and oxygen atoms in total. The Labute approximate surface area is 223 Å². The quantitative estimate of drug-likeness (QED) is 0.220. The highest BCUT2D eigenvalue weighted by molar-refractivity contribution is 6.46. The smallest absolute Gasteiger partial charge is 0.295 e. The summed E-state index contributed by atoms with van der Waals surface area (Å²) >= 11 is 0. The van der Waals surface area contributed by atoms with E-state index >= 15 is 0 Å². The second kappa shape index (κ2) is 12.4. The lowest BCUT2D eigenvalue weighted by Gasteiger charge is -2.27. The van der Waals surface area contributed by atoms with Crippen LogP contribution in [0.5, 0.6) is 11.5 Å². The van der Waals surface area contributed by atoms with E-state index in [2.05, 4.69) is 0 Å². The molecular weight excluding hydrogens is 480 g/mol. The molecule has 4 rings (SSSR count). The molecule has 38 heavy (non-hydrogen) atoms. The predicted molar refractivity (Wildman–Crippen MR) is 147 cm³/mol.